The highest BCUT2D eigenvalue weighted by Gasteiger charge is 2.23. The van der Waals surface area contributed by atoms with Crippen LogP contribution in [0.3, 0.4) is 0 Å². The topological polar surface area (TPSA) is 3.24 Å². The van der Waals surface area contributed by atoms with Crippen LogP contribution in [0, 0.1) is 5.92 Å². The molecule has 1 heteroatoms. The fourth-order valence-corrected chi connectivity index (χ4v) is 1.81. The molecule has 0 spiro atoms. The van der Waals surface area contributed by atoms with Crippen LogP contribution >= 0.6 is 0 Å². The standard InChI is InChI=1S/C13H19N.C2H6/c1-2-14(11-13-8-9-13)10-12-6-4-3-5-7-12;1-2/h3-7,13H,2,8-11H2,1H3;1-2H3. The smallest absolute Gasteiger partial charge is 0.0233 e. The van der Waals surface area contributed by atoms with Crippen LogP contribution in [0.5, 0.6) is 0 Å². The van der Waals surface area contributed by atoms with Crippen LogP contribution in [0.1, 0.15) is 39.2 Å². The second-order valence-corrected chi connectivity index (χ2v) is 4.26. The average molecular weight is 219 g/mol. The molecule has 0 N–H and O–H groups in total. The summed E-state index contributed by atoms with van der Waals surface area (Å²) in [5, 5.41) is 0. The molecule has 16 heavy (non-hydrogen) atoms. The highest BCUT2D eigenvalue weighted by Crippen LogP contribution is 2.29. The molecule has 0 saturated heterocycles. The molecule has 0 atom stereocenters. The van der Waals surface area contributed by atoms with E-state index < -0.39 is 0 Å². The minimum atomic E-state index is 0.999. The van der Waals surface area contributed by atoms with Crippen LogP contribution < -0.4 is 0 Å². The van der Waals surface area contributed by atoms with Gasteiger partial charge in [0.25, 0.3) is 0 Å². The molecule has 1 fully saturated rings. The largest absolute Gasteiger partial charge is 0.299 e. The molecule has 0 amide bonds. The second kappa shape index (κ2) is 7.45. The molecule has 1 nitrogen and oxygen atoms in total. The summed E-state index contributed by atoms with van der Waals surface area (Å²) in [5.74, 6) is 0.999. The predicted molar refractivity (Wildman–Crippen MR) is 71.5 cm³/mol. The number of benzene rings is 1. The van der Waals surface area contributed by atoms with E-state index in [-0.39, 0.29) is 0 Å². The van der Waals surface area contributed by atoms with Gasteiger partial charge in [0.1, 0.15) is 0 Å². The van der Waals surface area contributed by atoms with Crippen LogP contribution in [-0.2, 0) is 6.54 Å². The third kappa shape index (κ3) is 4.80. The van der Waals surface area contributed by atoms with E-state index in [1.807, 2.05) is 13.8 Å². The normalized spacial score (nSPS) is 14.5. The molecule has 1 aliphatic carbocycles. The van der Waals surface area contributed by atoms with Gasteiger partial charge in [0, 0.05) is 13.1 Å². The van der Waals surface area contributed by atoms with E-state index in [9.17, 15) is 0 Å². The molecule has 1 aliphatic rings. The van der Waals surface area contributed by atoms with E-state index in [0.717, 1.165) is 12.5 Å². The van der Waals surface area contributed by atoms with Gasteiger partial charge in [-0.15, -0.1) is 0 Å². The Hall–Kier alpha value is -0.820. The van der Waals surface area contributed by atoms with Crippen molar-refractivity contribution in [3.8, 4) is 0 Å². The van der Waals surface area contributed by atoms with E-state index in [0.29, 0.717) is 0 Å². The molecule has 1 aromatic rings. The molecule has 0 unspecified atom stereocenters. The van der Waals surface area contributed by atoms with Crippen LogP contribution in [-0.4, -0.2) is 18.0 Å². The Labute approximate surface area is 100 Å². The maximum atomic E-state index is 2.55. The Morgan fingerprint density at radius 1 is 1.12 bits per heavy atom. The van der Waals surface area contributed by atoms with Gasteiger partial charge in [0.15, 0.2) is 0 Å². The van der Waals surface area contributed by atoms with Crippen LogP contribution in [0.15, 0.2) is 30.3 Å². The van der Waals surface area contributed by atoms with E-state index in [4.69, 9.17) is 0 Å². The van der Waals surface area contributed by atoms with Crippen molar-refractivity contribution in [3.63, 3.8) is 0 Å². The maximum absolute atomic E-state index is 2.55. The van der Waals surface area contributed by atoms with Crippen molar-refractivity contribution in [2.24, 2.45) is 5.92 Å². The molecule has 0 radical (unpaired) electrons. The van der Waals surface area contributed by atoms with Gasteiger partial charge in [0.2, 0.25) is 0 Å². The number of hydrogen-bond acceptors (Lipinski definition) is 1. The Morgan fingerprint density at radius 3 is 2.25 bits per heavy atom. The second-order valence-electron chi connectivity index (χ2n) is 4.26. The van der Waals surface area contributed by atoms with Gasteiger partial charge in [-0.25, -0.2) is 0 Å². The van der Waals surface area contributed by atoms with Crippen molar-refractivity contribution < 1.29 is 0 Å². The Balaban J connectivity index is 0.000000606. The Bertz CT molecular complexity index is 264. The molecule has 0 bridgehead atoms. The summed E-state index contributed by atoms with van der Waals surface area (Å²) in [7, 11) is 0. The highest BCUT2D eigenvalue weighted by molar-refractivity contribution is 5.14. The SMILES string of the molecule is CC.CCN(Cc1ccccc1)CC1CC1. The van der Waals surface area contributed by atoms with Gasteiger partial charge in [-0.2, -0.15) is 0 Å². The lowest BCUT2D eigenvalue weighted by Gasteiger charge is -2.19. The van der Waals surface area contributed by atoms with Gasteiger partial charge in [-0.1, -0.05) is 51.1 Å². The maximum Gasteiger partial charge on any atom is 0.0233 e. The average Bonchev–Trinajstić information content (AvgIpc) is 3.16. The molecule has 1 saturated carbocycles. The predicted octanol–water partition coefficient (Wildman–Crippen LogP) is 3.94. The molecule has 90 valence electrons. The molecule has 2 rings (SSSR count). The molecule has 0 aliphatic heterocycles. The zero-order valence-electron chi connectivity index (χ0n) is 10.9. The monoisotopic (exact) mass is 219 g/mol. The van der Waals surface area contributed by atoms with Crippen LogP contribution in [0.25, 0.3) is 0 Å². The van der Waals surface area contributed by atoms with Crippen LogP contribution in [0.2, 0.25) is 0 Å². The Kier molecular flexibility index (Phi) is 6.17. The quantitative estimate of drug-likeness (QED) is 0.725. The van der Waals surface area contributed by atoms with E-state index in [2.05, 4.69) is 42.2 Å². The first-order valence-electron chi connectivity index (χ1n) is 6.64. The lowest BCUT2D eigenvalue weighted by molar-refractivity contribution is 0.268. The van der Waals surface area contributed by atoms with Gasteiger partial charge < -0.3 is 0 Å². The van der Waals surface area contributed by atoms with Crippen molar-refractivity contribution in [2.75, 3.05) is 13.1 Å². The number of rotatable bonds is 5. The molecule has 1 aromatic carbocycles. The van der Waals surface area contributed by atoms with E-state index in [1.165, 1.54) is 31.5 Å². The zero-order chi connectivity index (χ0) is 11.8. The van der Waals surface area contributed by atoms with Crippen molar-refractivity contribution in [1.82, 2.24) is 4.90 Å². The summed E-state index contributed by atoms with van der Waals surface area (Å²) in [4.78, 5) is 2.55. The molecular weight excluding hydrogens is 194 g/mol. The van der Waals surface area contributed by atoms with Crippen molar-refractivity contribution in [2.45, 2.75) is 40.2 Å². The van der Waals surface area contributed by atoms with Crippen molar-refractivity contribution in [1.29, 1.82) is 0 Å². The van der Waals surface area contributed by atoms with Gasteiger partial charge >= 0.3 is 0 Å². The summed E-state index contributed by atoms with van der Waals surface area (Å²) in [6.45, 7) is 9.84. The zero-order valence-corrected chi connectivity index (χ0v) is 10.9. The Morgan fingerprint density at radius 2 is 1.75 bits per heavy atom. The minimum absolute atomic E-state index is 0.999. The number of hydrogen-bond donors (Lipinski definition) is 0. The lowest BCUT2D eigenvalue weighted by atomic mass is 10.2. The molecular formula is C15H25N. The summed E-state index contributed by atoms with van der Waals surface area (Å²) in [6, 6.07) is 10.8. The summed E-state index contributed by atoms with van der Waals surface area (Å²) < 4.78 is 0. The van der Waals surface area contributed by atoms with E-state index >= 15 is 0 Å². The van der Waals surface area contributed by atoms with Crippen LogP contribution in [0.4, 0.5) is 0 Å². The first-order chi connectivity index (χ1) is 7.88. The van der Waals surface area contributed by atoms with E-state index in [1.54, 1.807) is 0 Å². The van der Waals surface area contributed by atoms with Crippen molar-refractivity contribution in [3.05, 3.63) is 35.9 Å². The summed E-state index contributed by atoms with van der Waals surface area (Å²) in [5.41, 5.74) is 1.44. The minimum Gasteiger partial charge on any atom is -0.299 e. The first-order valence-corrected chi connectivity index (χ1v) is 6.64. The summed E-state index contributed by atoms with van der Waals surface area (Å²) >= 11 is 0. The fourth-order valence-electron chi connectivity index (χ4n) is 1.81. The lowest BCUT2D eigenvalue weighted by Crippen LogP contribution is -2.25. The number of nitrogens with zero attached hydrogens (tertiary/aromatic N) is 1. The third-order valence-electron chi connectivity index (χ3n) is 2.91. The van der Waals surface area contributed by atoms with Gasteiger partial charge in [-0.05, 0) is 30.9 Å². The van der Waals surface area contributed by atoms with Gasteiger partial charge in [-0.3, -0.25) is 4.90 Å². The first kappa shape index (κ1) is 13.2. The third-order valence-corrected chi connectivity index (χ3v) is 2.91. The molecule has 0 aromatic heterocycles. The van der Waals surface area contributed by atoms with Gasteiger partial charge in [0.05, 0.1) is 0 Å². The fraction of sp³-hybridized carbons (Fsp3) is 0.600. The highest BCUT2D eigenvalue weighted by atomic mass is 15.1. The summed E-state index contributed by atoms with van der Waals surface area (Å²) in [6.07, 6.45) is 2.90. The van der Waals surface area contributed by atoms with Crippen molar-refractivity contribution >= 4 is 0 Å². The molecule has 0 heterocycles.